The third-order valence-corrected chi connectivity index (χ3v) is 6.29. The Hall–Kier alpha value is -3.11. The molecule has 0 spiro atoms. The molecule has 190 valence electrons. The number of alkyl halides is 3. The summed E-state index contributed by atoms with van der Waals surface area (Å²) in [5.41, 5.74) is -1.67. The van der Waals surface area contributed by atoms with Crippen molar-refractivity contribution in [3.05, 3.63) is 74.5 Å². The van der Waals surface area contributed by atoms with E-state index in [1.54, 1.807) is 24.7 Å². The van der Waals surface area contributed by atoms with Gasteiger partial charge < -0.3 is 4.84 Å². The van der Waals surface area contributed by atoms with Crippen molar-refractivity contribution in [1.29, 1.82) is 0 Å². The van der Waals surface area contributed by atoms with Gasteiger partial charge in [0.15, 0.2) is 0 Å². The van der Waals surface area contributed by atoms with Crippen molar-refractivity contribution in [1.82, 2.24) is 14.8 Å². The fourth-order valence-electron chi connectivity index (χ4n) is 4.06. The maximum absolute atomic E-state index is 14.2. The Morgan fingerprint density at radius 3 is 2.39 bits per heavy atom. The van der Waals surface area contributed by atoms with E-state index in [0.717, 1.165) is 12.1 Å². The first-order valence-electron chi connectivity index (χ1n) is 10.9. The predicted octanol–water partition coefficient (Wildman–Crippen LogP) is 6.39. The molecule has 1 unspecified atom stereocenters. The van der Waals surface area contributed by atoms with Crippen LogP contribution in [-0.2, 0) is 17.5 Å². The maximum Gasteiger partial charge on any atom is 0.435 e. The highest BCUT2D eigenvalue weighted by molar-refractivity contribution is 6.34. The van der Waals surface area contributed by atoms with Crippen LogP contribution in [0.3, 0.4) is 0 Å². The van der Waals surface area contributed by atoms with E-state index in [1.165, 1.54) is 18.2 Å². The van der Waals surface area contributed by atoms with Gasteiger partial charge >= 0.3 is 6.18 Å². The first-order chi connectivity index (χ1) is 16.8. The van der Waals surface area contributed by atoms with E-state index in [2.05, 4.69) is 20.6 Å². The molecule has 0 saturated heterocycles. The van der Waals surface area contributed by atoms with Crippen molar-refractivity contribution < 1.29 is 22.8 Å². The Bertz CT molecular complexity index is 1350. The van der Waals surface area contributed by atoms with Crippen LogP contribution in [-0.4, -0.2) is 32.6 Å². The summed E-state index contributed by atoms with van der Waals surface area (Å²) >= 11 is 11.9. The fraction of sp³-hybridized carbons (Fsp3) is 0.333. The number of carbonyl (C=O) groups is 1. The number of oxime groups is 1. The maximum atomic E-state index is 14.2. The van der Waals surface area contributed by atoms with Gasteiger partial charge in [0.2, 0.25) is 5.95 Å². The summed E-state index contributed by atoms with van der Waals surface area (Å²) < 4.78 is 44.3. The molecule has 0 aliphatic carbocycles. The minimum absolute atomic E-state index is 0.0484. The van der Waals surface area contributed by atoms with Crippen molar-refractivity contribution >= 4 is 40.8 Å². The van der Waals surface area contributed by atoms with Gasteiger partial charge in [0.25, 0.3) is 11.5 Å². The number of hydrogen-bond donors (Lipinski definition) is 1. The van der Waals surface area contributed by atoms with Gasteiger partial charge in [-0.2, -0.15) is 18.2 Å². The molecule has 2 aromatic carbocycles. The lowest BCUT2D eigenvalue weighted by Gasteiger charge is -2.29. The summed E-state index contributed by atoms with van der Waals surface area (Å²) in [5.74, 6) is 0.558. The van der Waals surface area contributed by atoms with Gasteiger partial charge in [-0.05, 0) is 48.4 Å². The molecule has 0 fully saturated rings. The van der Waals surface area contributed by atoms with Crippen LogP contribution >= 0.6 is 23.2 Å². The van der Waals surface area contributed by atoms with Gasteiger partial charge in [-0.3, -0.25) is 14.8 Å². The molecule has 1 aliphatic heterocycles. The largest absolute Gasteiger partial charge is 0.435 e. The molecule has 3 aromatic rings. The Balaban J connectivity index is 1.58. The number of hydrogen-bond acceptors (Lipinski definition) is 5. The number of nitrogens with one attached hydrogen (secondary N) is 1. The molecule has 36 heavy (non-hydrogen) atoms. The second-order valence-corrected chi connectivity index (χ2v) is 9.72. The molecule has 1 amide bonds. The quantitative estimate of drug-likeness (QED) is 0.407. The van der Waals surface area contributed by atoms with Gasteiger partial charge in [-0.25, -0.2) is 0 Å². The zero-order chi connectivity index (χ0) is 26.4. The number of amides is 1. The molecule has 1 atom stereocenters. The van der Waals surface area contributed by atoms with Gasteiger partial charge in [-0.1, -0.05) is 48.3 Å². The minimum Gasteiger partial charge on any atom is -0.374 e. The lowest BCUT2D eigenvalue weighted by Crippen LogP contribution is -2.42. The normalized spacial score (nSPS) is 17.8. The van der Waals surface area contributed by atoms with Crippen LogP contribution in [0.4, 0.5) is 19.1 Å². The molecule has 0 saturated carbocycles. The molecule has 2 heterocycles. The van der Waals surface area contributed by atoms with Crippen molar-refractivity contribution in [2.45, 2.75) is 44.9 Å². The van der Waals surface area contributed by atoms with E-state index in [1.807, 2.05) is 13.8 Å². The first-order valence-corrected chi connectivity index (χ1v) is 11.7. The molecule has 4 rings (SSSR count). The topological polar surface area (TPSA) is 81.4 Å². The predicted molar refractivity (Wildman–Crippen MR) is 131 cm³/mol. The second kappa shape index (κ2) is 9.40. The molecule has 0 radical (unpaired) electrons. The van der Waals surface area contributed by atoms with E-state index in [4.69, 9.17) is 28.0 Å². The zero-order valence-electron chi connectivity index (χ0n) is 19.7. The van der Waals surface area contributed by atoms with E-state index in [0.29, 0.717) is 22.5 Å². The summed E-state index contributed by atoms with van der Waals surface area (Å²) in [7, 11) is 1.74. The Morgan fingerprint density at radius 2 is 1.83 bits per heavy atom. The molecule has 0 bridgehead atoms. The van der Waals surface area contributed by atoms with Crippen molar-refractivity contribution in [2.75, 3.05) is 5.32 Å². The number of halogens is 5. The van der Waals surface area contributed by atoms with Crippen molar-refractivity contribution in [3.8, 4) is 0 Å². The monoisotopic (exact) mass is 539 g/mol. The number of rotatable bonds is 5. The van der Waals surface area contributed by atoms with E-state index in [-0.39, 0.29) is 33.2 Å². The molecular formula is C24H22Cl2F3N5O2. The first kappa shape index (κ1) is 26.0. The van der Waals surface area contributed by atoms with E-state index < -0.39 is 24.1 Å². The van der Waals surface area contributed by atoms with Crippen molar-refractivity contribution in [3.63, 3.8) is 0 Å². The molecule has 12 heteroatoms. The number of anilines is 1. The average molecular weight is 540 g/mol. The fourth-order valence-corrected chi connectivity index (χ4v) is 4.59. The minimum atomic E-state index is -4.80. The van der Waals surface area contributed by atoms with E-state index in [9.17, 15) is 18.0 Å². The summed E-state index contributed by atoms with van der Waals surface area (Å²) in [6, 6.07) is 8.28. The second-order valence-electron chi connectivity index (χ2n) is 8.84. The Labute approximate surface area is 215 Å². The zero-order valence-corrected chi connectivity index (χ0v) is 21.3. The molecule has 1 N–H and O–H groups in total. The summed E-state index contributed by atoms with van der Waals surface area (Å²) in [6.07, 6.45) is -5.39. The standard InChI is InChI=1S/C24H22Cl2F3N5O2/c1-12(2)20-30-22(32-34(20)4)31-21(35)18-6-5-14(7-13(18)3)19-11-23(36-33-19,24(27,28)29)15-8-16(25)10-17(26)9-15/h5-10,12H,11H2,1-4H3,(H,31,32,35). The Kier molecular flexibility index (Phi) is 6.78. The lowest BCUT2D eigenvalue weighted by molar-refractivity contribution is -0.275. The van der Waals surface area contributed by atoms with Crippen molar-refractivity contribution in [2.24, 2.45) is 12.2 Å². The number of carbonyl (C=O) groups excluding carboxylic acids is 1. The SMILES string of the molecule is Cc1cc(C2=NOC(c3cc(Cl)cc(Cl)c3)(C(F)(F)F)C2)ccc1C(=O)Nc1nc(C(C)C)n(C)n1. The van der Waals surface area contributed by atoms with Crippen LogP contribution < -0.4 is 5.32 Å². The highest BCUT2D eigenvalue weighted by Gasteiger charge is 2.62. The van der Waals surface area contributed by atoms with Gasteiger partial charge in [0.05, 0.1) is 5.71 Å². The molecular weight excluding hydrogens is 518 g/mol. The Morgan fingerprint density at radius 1 is 1.17 bits per heavy atom. The average Bonchev–Trinajstić information content (AvgIpc) is 3.37. The number of aryl methyl sites for hydroxylation is 2. The van der Waals surface area contributed by atoms with Gasteiger partial charge in [0, 0.05) is 40.6 Å². The third kappa shape index (κ3) is 4.79. The number of nitrogens with zero attached hydrogens (tertiary/aromatic N) is 4. The van der Waals surface area contributed by atoms with Crippen LogP contribution in [0.15, 0.2) is 41.6 Å². The summed E-state index contributed by atoms with van der Waals surface area (Å²) in [4.78, 5) is 22.2. The van der Waals surface area contributed by atoms with E-state index >= 15 is 0 Å². The smallest absolute Gasteiger partial charge is 0.374 e. The van der Waals surface area contributed by atoms with Crippen LogP contribution in [0.5, 0.6) is 0 Å². The number of benzene rings is 2. The van der Waals surface area contributed by atoms with Gasteiger partial charge in [-0.15, -0.1) is 5.10 Å². The molecule has 1 aliphatic rings. The number of aromatic nitrogens is 3. The van der Waals surface area contributed by atoms with Crippen LogP contribution in [0.2, 0.25) is 10.0 Å². The lowest BCUT2D eigenvalue weighted by atomic mass is 9.86. The van der Waals surface area contributed by atoms with Crippen LogP contribution in [0.25, 0.3) is 0 Å². The van der Waals surface area contributed by atoms with Crippen LogP contribution in [0.1, 0.15) is 59.1 Å². The summed E-state index contributed by atoms with van der Waals surface area (Å²) in [5, 5.41) is 10.7. The molecule has 7 nitrogen and oxygen atoms in total. The summed E-state index contributed by atoms with van der Waals surface area (Å²) in [6.45, 7) is 5.60. The van der Waals surface area contributed by atoms with Crippen LogP contribution in [0, 0.1) is 6.92 Å². The highest BCUT2D eigenvalue weighted by Crippen LogP contribution is 2.49. The third-order valence-electron chi connectivity index (χ3n) is 5.86. The van der Waals surface area contributed by atoms with Gasteiger partial charge in [0.1, 0.15) is 5.82 Å². The highest BCUT2D eigenvalue weighted by atomic mass is 35.5. The molecule has 1 aromatic heterocycles.